The molecule has 1 saturated carbocycles. The molecular weight excluding hydrogens is 278 g/mol. The molecule has 0 aromatic heterocycles. The van der Waals surface area contributed by atoms with E-state index in [0.717, 1.165) is 31.6 Å². The van der Waals surface area contributed by atoms with E-state index in [1.807, 2.05) is 0 Å². The zero-order valence-electron chi connectivity index (χ0n) is 9.85. The van der Waals surface area contributed by atoms with Crippen molar-refractivity contribution >= 4 is 15.9 Å². The Morgan fingerprint density at radius 3 is 2.44 bits per heavy atom. The van der Waals surface area contributed by atoms with Crippen molar-refractivity contribution in [3.8, 4) is 0 Å². The average molecular weight is 299 g/mol. The van der Waals surface area contributed by atoms with Gasteiger partial charge in [-0.25, -0.2) is 8.78 Å². The van der Waals surface area contributed by atoms with E-state index in [0.29, 0.717) is 5.33 Å². The van der Waals surface area contributed by atoms with Crippen LogP contribution < -0.4 is 0 Å². The maximum atomic E-state index is 12.2. The van der Waals surface area contributed by atoms with Gasteiger partial charge in [-0.2, -0.15) is 0 Å². The Balaban J connectivity index is 2.38. The second kappa shape index (κ2) is 6.90. The lowest BCUT2D eigenvalue weighted by Gasteiger charge is -2.39. The van der Waals surface area contributed by atoms with Gasteiger partial charge in [-0.15, -0.1) is 0 Å². The number of alkyl halides is 3. The van der Waals surface area contributed by atoms with Crippen molar-refractivity contribution in [2.45, 2.75) is 57.5 Å². The zero-order valence-corrected chi connectivity index (χ0v) is 11.4. The lowest BCUT2D eigenvalue weighted by atomic mass is 9.78. The van der Waals surface area contributed by atoms with Gasteiger partial charge in [0, 0.05) is 5.33 Å². The number of ether oxygens (including phenoxy) is 1. The first-order chi connectivity index (χ1) is 7.62. The smallest absolute Gasteiger partial charge is 0.261 e. The maximum absolute atomic E-state index is 12.2. The number of halogens is 3. The van der Waals surface area contributed by atoms with Crippen molar-refractivity contribution in [2.24, 2.45) is 5.92 Å². The fraction of sp³-hybridized carbons (Fsp3) is 1.00. The van der Waals surface area contributed by atoms with E-state index in [9.17, 15) is 8.78 Å². The first kappa shape index (κ1) is 14.4. The third kappa shape index (κ3) is 4.28. The van der Waals surface area contributed by atoms with Gasteiger partial charge in [0.1, 0.15) is 6.61 Å². The van der Waals surface area contributed by atoms with E-state index in [-0.39, 0.29) is 5.60 Å². The predicted octanol–water partition coefficient (Wildman–Crippen LogP) is 4.39. The lowest BCUT2D eigenvalue weighted by molar-refractivity contribution is -0.0983. The molecule has 1 nitrogen and oxygen atoms in total. The van der Waals surface area contributed by atoms with Crippen LogP contribution in [0.25, 0.3) is 0 Å². The highest BCUT2D eigenvalue weighted by molar-refractivity contribution is 9.09. The summed E-state index contributed by atoms with van der Waals surface area (Å²) in [6, 6.07) is 0. The highest BCUT2D eigenvalue weighted by Crippen LogP contribution is 2.38. The maximum Gasteiger partial charge on any atom is 0.261 e. The summed E-state index contributed by atoms with van der Waals surface area (Å²) in [6.07, 6.45) is 4.16. The van der Waals surface area contributed by atoms with E-state index in [1.54, 1.807) is 0 Å². The van der Waals surface area contributed by atoms with E-state index in [2.05, 4.69) is 22.9 Å². The van der Waals surface area contributed by atoms with Crippen LogP contribution in [0.1, 0.15) is 45.4 Å². The zero-order chi connectivity index (χ0) is 12.0. The molecule has 0 atom stereocenters. The van der Waals surface area contributed by atoms with Crippen molar-refractivity contribution in [2.75, 3.05) is 11.9 Å². The molecule has 0 bridgehead atoms. The molecule has 0 aromatic carbocycles. The molecular formula is C12H21BrF2O. The second-order valence-corrected chi connectivity index (χ2v) is 5.31. The number of hydrogen-bond donors (Lipinski definition) is 0. The van der Waals surface area contributed by atoms with Gasteiger partial charge < -0.3 is 4.74 Å². The van der Waals surface area contributed by atoms with Gasteiger partial charge in [0.15, 0.2) is 0 Å². The van der Waals surface area contributed by atoms with Crippen LogP contribution in [-0.2, 0) is 4.74 Å². The molecule has 4 heteroatoms. The molecule has 1 fully saturated rings. The average Bonchev–Trinajstić information content (AvgIpc) is 2.29. The second-order valence-electron chi connectivity index (χ2n) is 4.75. The Morgan fingerprint density at radius 1 is 1.38 bits per heavy atom. The van der Waals surface area contributed by atoms with E-state index < -0.39 is 13.0 Å². The van der Waals surface area contributed by atoms with Crippen LogP contribution in [0, 0.1) is 5.92 Å². The van der Waals surface area contributed by atoms with Gasteiger partial charge in [0.05, 0.1) is 5.60 Å². The van der Waals surface area contributed by atoms with Crippen LogP contribution in [0.15, 0.2) is 0 Å². The van der Waals surface area contributed by atoms with Crippen molar-refractivity contribution in [3.63, 3.8) is 0 Å². The molecule has 0 radical (unpaired) electrons. The Bertz CT molecular complexity index is 191. The fourth-order valence-corrected chi connectivity index (χ4v) is 3.18. The highest BCUT2D eigenvalue weighted by atomic mass is 79.9. The number of hydrogen-bond acceptors (Lipinski definition) is 1. The summed E-state index contributed by atoms with van der Waals surface area (Å²) in [5.41, 5.74) is -0.333. The quantitative estimate of drug-likeness (QED) is 0.661. The molecule has 0 spiro atoms. The monoisotopic (exact) mass is 298 g/mol. The molecule has 0 aliphatic heterocycles. The summed E-state index contributed by atoms with van der Waals surface area (Å²) in [7, 11) is 0. The third-order valence-electron chi connectivity index (χ3n) is 3.47. The molecule has 0 aromatic rings. The molecule has 1 aliphatic carbocycles. The van der Waals surface area contributed by atoms with Gasteiger partial charge in [-0.1, -0.05) is 35.7 Å². The number of rotatable bonds is 6. The molecule has 0 heterocycles. The van der Waals surface area contributed by atoms with Crippen molar-refractivity contribution in [3.05, 3.63) is 0 Å². The molecule has 0 unspecified atom stereocenters. The van der Waals surface area contributed by atoms with Crippen LogP contribution in [0.3, 0.4) is 0 Å². The molecule has 16 heavy (non-hydrogen) atoms. The molecule has 1 rings (SSSR count). The first-order valence-electron chi connectivity index (χ1n) is 6.10. The normalized spacial score (nSPS) is 30.9. The molecule has 0 saturated heterocycles. The molecule has 96 valence electrons. The third-order valence-corrected chi connectivity index (χ3v) is 4.49. The van der Waals surface area contributed by atoms with Crippen LogP contribution >= 0.6 is 15.9 Å². The Kier molecular flexibility index (Phi) is 6.19. The van der Waals surface area contributed by atoms with Gasteiger partial charge in [-0.3, -0.25) is 0 Å². The summed E-state index contributed by atoms with van der Waals surface area (Å²) in [5.74, 6) is 0.771. The summed E-state index contributed by atoms with van der Waals surface area (Å²) in [6.45, 7) is 1.77. The minimum Gasteiger partial charge on any atom is -0.368 e. The minimum absolute atomic E-state index is 0.333. The standard InChI is InChI=1S/C12H21BrF2O/c1-2-3-10-4-6-12(9-13,7-5-10)16-8-11(14)15/h10-11H,2-9H2,1H3. The van der Waals surface area contributed by atoms with E-state index in [4.69, 9.17) is 4.74 Å². The Hall–Kier alpha value is 0.300. The van der Waals surface area contributed by atoms with Crippen molar-refractivity contribution in [1.29, 1.82) is 0 Å². The highest BCUT2D eigenvalue weighted by Gasteiger charge is 2.35. The van der Waals surface area contributed by atoms with Crippen molar-refractivity contribution in [1.82, 2.24) is 0 Å². The van der Waals surface area contributed by atoms with E-state index in [1.165, 1.54) is 12.8 Å². The van der Waals surface area contributed by atoms with Crippen LogP contribution in [0.5, 0.6) is 0 Å². The summed E-state index contributed by atoms with van der Waals surface area (Å²) < 4.78 is 29.7. The largest absolute Gasteiger partial charge is 0.368 e. The van der Waals surface area contributed by atoms with E-state index >= 15 is 0 Å². The molecule has 1 aliphatic rings. The van der Waals surface area contributed by atoms with Gasteiger partial charge in [0.25, 0.3) is 6.43 Å². The van der Waals surface area contributed by atoms with Crippen LogP contribution in [0.4, 0.5) is 8.78 Å². The Morgan fingerprint density at radius 2 is 2.00 bits per heavy atom. The minimum atomic E-state index is -2.36. The molecule has 0 amide bonds. The lowest BCUT2D eigenvalue weighted by Crippen LogP contribution is -2.40. The summed E-state index contributed by atoms with van der Waals surface area (Å²) >= 11 is 3.41. The van der Waals surface area contributed by atoms with Crippen LogP contribution in [0.2, 0.25) is 0 Å². The molecule has 0 N–H and O–H groups in total. The summed E-state index contributed by atoms with van der Waals surface area (Å²) in [5, 5.41) is 0.672. The fourth-order valence-electron chi connectivity index (χ4n) is 2.46. The van der Waals surface area contributed by atoms with Crippen LogP contribution in [-0.4, -0.2) is 24.0 Å². The van der Waals surface area contributed by atoms with Gasteiger partial charge >= 0.3 is 0 Å². The summed E-state index contributed by atoms with van der Waals surface area (Å²) in [4.78, 5) is 0. The SMILES string of the molecule is CCCC1CCC(CBr)(OCC(F)F)CC1. The predicted molar refractivity (Wildman–Crippen MR) is 65.3 cm³/mol. The first-order valence-corrected chi connectivity index (χ1v) is 7.22. The van der Waals surface area contributed by atoms with Gasteiger partial charge in [-0.05, 0) is 31.6 Å². The van der Waals surface area contributed by atoms with Crippen molar-refractivity contribution < 1.29 is 13.5 Å². The topological polar surface area (TPSA) is 9.23 Å². The van der Waals surface area contributed by atoms with Gasteiger partial charge in [0.2, 0.25) is 0 Å². The Labute approximate surface area is 105 Å².